The monoisotopic (exact) mass is 381 g/mol. The lowest BCUT2D eigenvalue weighted by atomic mass is 9.94. The van der Waals surface area contributed by atoms with Crippen LogP contribution in [-0.4, -0.2) is 40.2 Å². The number of hydrogen-bond acceptors (Lipinski definition) is 5. The van der Waals surface area contributed by atoms with Gasteiger partial charge in [-0.05, 0) is 51.0 Å². The van der Waals surface area contributed by atoms with Crippen LogP contribution in [0.2, 0.25) is 0 Å². The zero-order valence-corrected chi connectivity index (χ0v) is 16.0. The molecule has 1 atom stereocenters. The highest BCUT2D eigenvalue weighted by molar-refractivity contribution is 5.96. The van der Waals surface area contributed by atoms with Crippen molar-refractivity contribution in [2.75, 3.05) is 13.1 Å². The predicted molar refractivity (Wildman–Crippen MR) is 105 cm³/mol. The molecule has 7 nitrogen and oxygen atoms in total. The highest BCUT2D eigenvalue weighted by Gasteiger charge is 2.28. The number of H-pyrrole nitrogens is 1. The number of ether oxygens (including phenoxy) is 1. The number of nitrogens with one attached hydrogen (secondary N) is 1. The van der Waals surface area contributed by atoms with E-state index in [9.17, 15) is 9.59 Å². The van der Waals surface area contributed by atoms with Gasteiger partial charge >= 0.3 is 5.63 Å². The minimum Gasteiger partial charge on any atom is -0.491 e. The lowest BCUT2D eigenvalue weighted by molar-refractivity contribution is 0.0701. The Kier molecular flexibility index (Phi) is 4.90. The molecule has 1 saturated heterocycles. The zero-order valence-electron chi connectivity index (χ0n) is 16.0. The molecule has 4 rings (SSSR count). The van der Waals surface area contributed by atoms with E-state index in [0.29, 0.717) is 29.8 Å². The Hall–Kier alpha value is -3.09. The number of carbonyl (C=O) groups is 1. The molecule has 0 radical (unpaired) electrons. The van der Waals surface area contributed by atoms with E-state index in [4.69, 9.17) is 9.15 Å². The molecular formula is C21H23N3O4. The number of piperidine rings is 1. The minimum atomic E-state index is -0.622. The molecular weight excluding hydrogens is 358 g/mol. The quantitative estimate of drug-likeness (QED) is 0.701. The number of aromatic amines is 1. The molecule has 1 N–H and O–H groups in total. The van der Waals surface area contributed by atoms with E-state index >= 15 is 0 Å². The largest absolute Gasteiger partial charge is 0.491 e. The van der Waals surface area contributed by atoms with Crippen molar-refractivity contribution >= 4 is 16.9 Å². The summed E-state index contributed by atoms with van der Waals surface area (Å²) in [5, 5.41) is 7.67. The van der Waals surface area contributed by atoms with Gasteiger partial charge in [-0.3, -0.25) is 9.89 Å². The van der Waals surface area contributed by atoms with Gasteiger partial charge in [-0.15, -0.1) is 0 Å². The molecule has 1 aliphatic rings. The number of carbonyl (C=O) groups excluding carboxylic acids is 1. The van der Waals surface area contributed by atoms with Gasteiger partial charge < -0.3 is 14.1 Å². The molecule has 1 aromatic carbocycles. The van der Waals surface area contributed by atoms with E-state index in [1.54, 1.807) is 29.3 Å². The van der Waals surface area contributed by atoms with Gasteiger partial charge in [0.15, 0.2) is 0 Å². The van der Waals surface area contributed by atoms with Crippen LogP contribution in [0.25, 0.3) is 11.0 Å². The highest BCUT2D eigenvalue weighted by Crippen LogP contribution is 2.27. The Balaban J connectivity index is 1.60. The summed E-state index contributed by atoms with van der Waals surface area (Å²) < 4.78 is 11.1. The van der Waals surface area contributed by atoms with Crippen molar-refractivity contribution in [1.82, 2.24) is 15.1 Å². The molecule has 0 spiro atoms. The maximum Gasteiger partial charge on any atom is 0.349 e. The van der Waals surface area contributed by atoms with Gasteiger partial charge in [0.2, 0.25) is 0 Å². The zero-order chi connectivity index (χ0) is 19.7. The van der Waals surface area contributed by atoms with Gasteiger partial charge in [0.1, 0.15) is 16.9 Å². The summed E-state index contributed by atoms with van der Waals surface area (Å²) in [5.74, 6) is 0.536. The van der Waals surface area contributed by atoms with Crippen molar-refractivity contribution in [3.63, 3.8) is 0 Å². The summed E-state index contributed by atoms with van der Waals surface area (Å²) >= 11 is 0. The van der Waals surface area contributed by atoms with Crippen molar-refractivity contribution in [2.24, 2.45) is 0 Å². The van der Waals surface area contributed by atoms with E-state index in [1.807, 2.05) is 26.0 Å². The predicted octanol–water partition coefficient (Wildman–Crippen LogP) is 3.32. The number of aromatic nitrogens is 2. The number of fused-ring (bicyclic) bond motifs is 1. The Labute approximate surface area is 162 Å². The summed E-state index contributed by atoms with van der Waals surface area (Å²) in [6.45, 7) is 5.04. The molecule has 1 amide bonds. The van der Waals surface area contributed by atoms with Gasteiger partial charge in [-0.25, -0.2) is 4.79 Å². The summed E-state index contributed by atoms with van der Waals surface area (Å²) in [6.07, 6.45) is 3.60. The normalized spacial score (nSPS) is 17.2. The fourth-order valence-electron chi connectivity index (χ4n) is 3.67. The number of benzene rings is 1. The molecule has 146 valence electrons. The van der Waals surface area contributed by atoms with Gasteiger partial charge in [-0.2, -0.15) is 5.10 Å². The molecule has 0 bridgehead atoms. The number of nitrogens with zero attached hydrogens (tertiary/aromatic N) is 2. The van der Waals surface area contributed by atoms with E-state index < -0.39 is 5.63 Å². The van der Waals surface area contributed by atoms with E-state index in [0.717, 1.165) is 18.5 Å². The van der Waals surface area contributed by atoms with Crippen molar-refractivity contribution < 1.29 is 13.9 Å². The Morgan fingerprint density at radius 1 is 1.32 bits per heavy atom. The van der Waals surface area contributed by atoms with Gasteiger partial charge in [-0.1, -0.05) is 0 Å². The Bertz CT molecular complexity index is 1040. The molecule has 1 fully saturated rings. The fourth-order valence-corrected chi connectivity index (χ4v) is 3.67. The smallest absolute Gasteiger partial charge is 0.349 e. The first-order valence-electron chi connectivity index (χ1n) is 9.54. The second-order valence-corrected chi connectivity index (χ2v) is 7.42. The molecule has 3 heterocycles. The van der Waals surface area contributed by atoms with Crippen molar-refractivity contribution in [3.05, 3.63) is 58.2 Å². The maximum absolute atomic E-state index is 13.0. The van der Waals surface area contributed by atoms with Crippen LogP contribution in [0.1, 0.15) is 48.7 Å². The van der Waals surface area contributed by atoms with Crippen molar-refractivity contribution in [3.8, 4) is 5.75 Å². The topological polar surface area (TPSA) is 88.4 Å². The molecule has 0 saturated carbocycles. The third-order valence-electron chi connectivity index (χ3n) is 4.98. The molecule has 2 aromatic heterocycles. The average Bonchev–Trinajstić information content (AvgIpc) is 3.21. The first-order chi connectivity index (χ1) is 13.5. The average molecular weight is 381 g/mol. The third-order valence-corrected chi connectivity index (χ3v) is 4.98. The standard InChI is InChI=1S/C21H23N3O4/c1-13(2)27-16-6-5-14-10-17(21(26)28-19(14)11-16)20(25)24-9-3-4-15(12-24)18-7-8-22-23-18/h5-8,10-11,13,15H,3-4,9,12H2,1-2H3,(H,22,23). The molecule has 3 aromatic rings. The second-order valence-electron chi connectivity index (χ2n) is 7.42. The van der Waals surface area contributed by atoms with Gasteiger partial charge in [0.05, 0.1) is 6.10 Å². The van der Waals surface area contributed by atoms with Crippen LogP contribution in [0.5, 0.6) is 5.75 Å². The molecule has 0 aliphatic carbocycles. The Morgan fingerprint density at radius 2 is 2.18 bits per heavy atom. The number of rotatable bonds is 4. The lowest BCUT2D eigenvalue weighted by Gasteiger charge is -2.32. The number of amides is 1. The molecule has 1 aliphatic heterocycles. The van der Waals surface area contributed by atoms with Gasteiger partial charge in [0, 0.05) is 42.4 Å². The van der Waals surface area contributed by atoms with Crippen LogP contribution < -0.4 is 10.4 Å². The van der Waals surface area contributed by atoms with Crippen molar-refractivity contribution in [1.29, 1.82) is 0 Å². The summed E-state index contributed by atoms with van der Waals surface area (Å²) in [7, 11) is 0. The van der Waals surface area contributed by atoms with Crippen LogP contribution in [-0.2, 0) is 0 Å². The minimum absolute atomic E-state index is 0.0203. The second kappa shape index (κ2) is 7.50. The van der Waals surface area contributed by atoms with E-state index in [2.05, 4.69) is 10.2 Å². The lowest BCUT2D eigenvalue weighted by Crippen LogP contribution is -2.40. The number of likely N-dealkylation sites (tertiary alicyclic amines) is 1. The SMILES string of the molecule is CC(C)Oc1ccc2cc(C(=O)N3CCCC(c4ccn[nH]4)C3)c(=O)oc2c1. The van der Waals surface area contributed by atoms with Crippen LogP contribution in [0.15, 0.2) is 45.7 Å². The van der Waals surface area contributed by atoms with Crippen LogP contribution >= 0.6 is 0 Å². The highest BCUT2D eigenvalue weighted by atomic mass is 16.5. The summed E-state index contributed by atoms with van der Waals surface area (Å²) in [5.41, 5.74) is 0.868. The molecule has 7 heteroatoms. The van der Waals surface area contributed by atoms with E-state index in [1.165, 1.54) is 0 Å². The third kappa shape index (κ3) is 3.65. The van der Waals surface area contributed by atoms with Crippen LogP contribution in [0, 0.1) is 0 Å². The number of hydrogen-bond donors (Lipinski definition) is 1. The molecule has 1 unspecified atom stereocenters. The van der Waals surface area contributed by atoms with Crippen molar-refractivity contribution in [2.45, 2.75) is 38.7 Å². The van der Waals surface area contributed by atoms with Crippen LogP contribution in [0.4, 0.5) is 0 Å². The summed E-state index contributed by atoms with van der Waals surface area (Å²) in [4.78, 5) is 27.2. The van der Waals surface area contributed by atoms with Gasteiger partial charge in [0.25, 0.3) is 5.91 Å². The molecule has 28 heavy (non-hydrogen) atoms. The van der Waals surface area contributed by atoms with Crippen LogP contribution in [0.3, 0.4) is 0 Å². The first kappa shape index (κ1) is 18.3. The fraction of sp³-hybridized carbons (Fsp3) is 0.381. The first-order valence-corrected chi connectivity index (χ1v) is 9.54. The summed E-state index contributed by atoms with van der Waals surface area (Å²) in [6, 6.07) is 8.84. The Morgan fingerprint density at radius 3 is 2.93 bits per heavy atom. The maximum atomic E-state index is 13.0. The van der Waals surface area contributed by atoms with E-state index in [-0.39, 0.29) is 23.5 Å².